The van der Waals surface area contributed by atoms with Gasteiger partial charge < -0.3 is 9.64 Å². The van der Waals surface area contributed by atoms with Crippen molar-refractivity contribution in [3.63, 3.8) is 0 Å². The number of amides is 1. The number of carbonyl (C=O) groups is 1. The molecule has 3 heteroatoms. The fourth-order valence-electron chi connectivity index (χ4n) is 2.30. The van der Waals surface area contributed by atoms with Gasteiger partial charge in [0.2, 0.25) is 5.91 Å². The largest absolute Gasteiger partial charge is 0.381 e. The Morgan fingerprint density at radius 1 is 1.47 bits per heavy atom. The normalized spacial score (nSPS) is 28.1. The van der Waals surface area contributed by atoms with Crippen LogP contribution in [0.4, 0.5) is 0 Å². The van der Waals surface area contributed by atoms with Crippen LogP contribution < -0.4 is 0 Å². The van der Waals surface area contributed by atoms with Gasteiger partial charge in [0.25, 0.3) is 0 Å². The van der Waals surface area contributed by atoms with Crippen molar-refractivity contribution in [1.29, 1.82) is 0 Å². The van der Waals surface area contributed by atoms with Crippen LogP contribution in [0.2, 0.25) is 0 Å². The zero-order valence-electron chi connectivity index (χ0n) is 8.95. The van der Waals surface area contributed by atoms with Crippen LogP contribution in [0.5, 0.6) is 0 Å². The summed E-state index contributed by atoms with van der Waals surface area (Å²) in [5.74, 6) is 3.65. The van der Waals surface area contributed by atoms with Crippen LogP contribution in [0, 0.1) is 24.2 Å². The van der Waals surface area contributed by atoms with Crippen LogP contribution >= 0.6 is 0 Å². The van der Waals surface area contributed by atoms with E-state index in [0.717, 1.165) is 39.1 Å². The molecule has 2 saturated heterocycles. The van der Waals surface area contributed by atoms with Gasteiger partial charge in [0.1, 0.15) is 0 Å². The van der Waals surface area contributed by atoms with Crippen molar-refractivity contribution < 1.29 is 9.53 Å². The van der Waals surface area contributed by atoms with Crippen LogP contribution in [0.25, 0.3) is 0 Å². The van der Waals surface area contributed by atoms with E-state index in [-0.39, 0.29) is 11.8 Å². The van der Waals surface area contributed by atoms with Gasteiger partial charge in [-0.05, 0) is 18.8 Å². The molecule has 2 fully saturated rings. The number of rotatable bonds is 2. The van der Waals surface area contributed by atoms with Crippen LogP contribution in [-0.4, -0.2) is 37.1 Å². The predicted octanol–water partition coefficient (Wildman–Crippen LogP) is 0.895. The Kier molecular flexibility index (Phi) is 3.27. The van der Waals surface area contributed by atoms with E-state index in [2.05, 4.69) is 5.92 Å². The van der Waals surface area contributed by atoms with Crippen molar-refractivity contribution in [3.05, 3.63) is 0 Å². The van der Waals surface area contributed by atoms with Gasteiger partial charge in [-0.25, -0.2) is 0 Å². The summed E-state index contributed by atoms with van der Waals surface area (Å²) in [5, 5.41) is 0. The van der Waals surface area contributed by atoms with Crippen molar-refractivity contribution in [2.24, 2.45) is 11.8 Å². The van der Waals surface area contributed by atoms with E-state index in [1.165, 1.54) is 0 Å². The maximum Gasteiger partial charge on any atom is 0.223 e. The molecule has 2 heterocycles. The highest BCUT2D eigenvalue weighted by molar-refractivity contribution is 5.79. The molecule has 1 atom stereocenters. The molecule has 0 N–H and O–H groups in total. The van der Waals surface area contributed by atoms with Gasteiger partial charge in [-0.3, -0.25) is 4.79 Å². The van der Waals surface area contributed by atoms with Gasteiger partial charge in [0, 0.05) is 38.6 Å². The zero-order chi connectivity index (χ0) is 10.7. The van der Waals surface area contributed by atoms with E-state index in [9.17, 15) is 4.79 Å². The summed E-state index contributed by atoms with van der Waals surface area (Å²) in [7, 11) is 0. The average Bonchev–Trinajstić information content (AvgIpc) is 2.61. The number of hydrogen-bond acceptors (Lipinski definition) is 2. The van der Waals surface area contributed by atoms with Crippen LogP contribution in [0.15, 0.2) is 0 Å². The summed E-state index contributed by atoms with van der Waals surface area (Å²) < 4.78 is 5.30. The Hall–Kier alpha value is -1.01. The van der Waals surface area contributed by atoms with Crippen molar-refractivity contribution >= 4 is 5.91 Å². The van der Waals surface area contributed by atoms with Crippen LogP contribution in [0.1, 0.15) is 19.3 Å². The number of hydrogen-bond donors (Lipinski definition) is 0. The monoisotopic (exact) mass is 207 g/mol. The molecule has 2 aliphatic heterocycles. The lowest BCUT2D eigenvalue weighted by Crippen LogP contribution is -2.33. The second kappa shape index (κ2) is 4.67. The molecule has 0 spiro atoms. The second-order valence-electron chi connectivity index (χ2n) is 4.42. The van der Waals surface area contributed by atoms with E-state index < -0.39 is 0 Å². The lowest BCUT2D eigenvalue weighted by atomic mass is 10.00. The number of terminal acetylenes is 1. The fourth-order valence-corrected chi connectivity index (χ4v) is 2.30. The number of nitrogens with zero attached hydrogens (tertiary/aromatic N) is 1. The summed E-state index contributed by atoms with van der Waals surface area (Å²) in [6.07, 6.45) is 8.03. The molecule has 0 radical (unpaired) electrons. The van der Waals surface area contributed by atoms with Gasteiger partial charge >= 0.3 is 0 Å². The van der Waals surface area contributed by atoms with Crippen molar-refractivity contribution in [3.8, 4) is 12.3 Å². The Balaban J connectivity index is 1.84. The van der Waals surface area contributed by atoms with Crippen LogP contribution in [0.3, 0.4) is 0 Å². The fraction of sp³-hybridized carbons (Fsp3) is 0.750. The van der Waals surface area contributed by atoms with Gasteiger partial charge in [-0.15, -0.1) is 12.3 Å². The quantitative estimate of drug-likeness (QED) is 0.629. The van der Waals surface area contributed by atoms with Gasteiger partial charge in [0.15, 0.2) is 0 Å². The molecule has 2 rings (SSSR count). The first-order valence-electron chi connectivity index (χ1n) is 5.61. The second-order valence-corrected chi connectivity index (χ2v) is 4.42. The molecule has 1 amide bonds. The number of carbonyl (C=O) groups excluding carboxylic acids is 1. The summed E-state index contributed by atoms with van der Waals surface area (Å²) in [5.41, 5.74) is 0. The Morgan fingerprint density at radius 3 is 2.80 bits per heavy atom. The smallest absolute Gasteiger partial charge is 0.223 e. The SMILES string of the molecule is C#CC1CC(=O)N(CC2CCOCC2)C1. The molecule has 0 aromatic rings. The first kappa shape index (κ1) is 10.5. The average molecular weight is 207 g/mol. The minimum Gasteiger partial charge on any atom is -0.381 e. The Morgan fingerprint density at radius 2 is 2.20 bits per heavy atom. The van der Waals surface area contributed by atoms with E-state index in [4.69, 9.17) is 11.2 Å². The van der Waals surface area contributed by atoms with Crippen molar-refractivity contribution in [2.45, 2.75) is 19.3 Å². The molecular weight excluding hydrogens is 190 g/mol. The summed E-state index contributed by atoms with van der Waals surface area (Å²) >= 11 is 0. The Bertz CT molecular complexity index is 276. The number of ether oxygens (including phenoxy) is 1. The molecule has 82 valence electrons. The van der Waals surface area contributed by atoms with Crippen molar-refractivity contribution in [2.75, 3.05) is 26.3 Å². The third-order valence-electron chi connectivity index (χ3n) is 3.27. The lowest BCUT2D eigenvalue weighted by Gasteiger charge is -2.26. The van der Waals surface area contributed by atoms with E-state index in [1.54, 1.807) is 0 Å². The molecule has 0 aromatic carbocycles. The zero-order valence-corrected chi connectivity index (χ0v) is 8.95. The summed E-state index contributed by atoms with van der Waals surface area (Å²) in [6, 6.07) is 0. The molecule has 0 saturated carbocycles. The maximum atomic E-state index is 11.6. The lowest BCUT2D eigenvalue weighted by molar-refractivity contribution is -0.128. The van der Waals surface area contributed by atoms with Crippen LogP contribution in [-0.2, 0) is 9.53 Å². The van der Waals surface area contributed by atoms with Crippen molar-refractivity contribution in [1.82, 2.24) is 4.90 Å². The number of likely N-dealkylation sites (tertiary alicyclic amines) is 1. The predicted molar refractivity (Wildman–Crippen MR) is 57.1 cm³/mol. The highest BCUT2D eigenvalue weighted by Crippen LogP contribution is 2.22. The molecule has 2 aliphatic rings. The first-order chi connectivity index (χ1) is 7.29. The van der Waals surface area contributed by atoms with Gasteiger partial charge in [-0.1, -0.05) is 0 Å². The Labute approximate surface area is 90.8 Å². The van der Waals surface area contributed by atoms with Gasteiger partial charge in [-0.2, -0.15) is 0 Å². The molecule has 0 aromatic heterocycles. The molecular formula is C12H17NO2. The minimum absolute atomic E-state index is 0.136. The topological polar surface area (TPSA) is 29.5 Å². The highest BCUT2D eigenvalue weighted by Gasteiger charge is 2.30. The highest BCUT2D eigenvalue weighted by atomic mass is 16.5. The summed E-state index contributed by atoms with van der Waals surface area (Å²) in [4.78, 5) is 13.5. The standard InChI is InChI=1S/C12H17NO2/c1-2-10-7-12(14)13(8-10)9-11-3-5-15-6-4-11/h1,10-11H,3-9H2. The van der Waals surface area contributed by atoms with E-state index in [1.807, 2.05) is 4.90 Å². The van der Waals surface area contributed by atoms with E-state index in [0.29, 0.717) is 12.3 Å². The summed E-state index contributed by atoms with van der Waals surface area (Å²) in [6.45, 7) is 3.31. The third kappa shape index (κ3) is 2.51. The molecule has 0 aliphatic carbocycles. The maximum absolute atomic E-state index is 11.6. The molecule has 15 heavy (non-hydrogen) atoms. The molecule has 3 nitrogen and oxygen atoms in total. The van der Waals surface area contributed by atoms with E-state index >= 15 is 0 Å². The molecule has 1 unspecified atom stereocenters. The van der Waals surface area contributed by atoms with Gasteiger partial charge in [0.05, 0.1) is 0 Å². The first-order valence-corrected chi connectivity index (χ1v) is 5.61. The molecule has 0 bridgehead atoms. The third-order valence-corrected chi connectivity index (χ3v) is 3.27. The minimum atomic E-state index is 0.136.